The van der Waals surface area contributed by atoms with Crippen molar-refractivity contribution in [3.63, 3.8) is 0 Å². The summed E-state index contributed by atoms with van der Waals surface area (Å²) in [4.78, 5) is 7.67. The number of hydrogen-bond acceptors (Lipinski definition) is 3. The lowest BCUT2D eigenvalue weighted by Crippen LogP contribution is -2.42. The van der Waals surface area contributed by atoms with Gasteiger partial charge in [-0.2, -0.15) is 26.9 Å². The standard InChI is InChI=1S/C11H12ClF5N2O/c1-3-4-7-18-8(12)6(2)9(19-7)20-5-10(13,14)11(15,16)17/h3-5H2,1-2H3. The molecule has 1 heterocycles. The van der Waals surface area contributed by atoms with Crippen LogP contribution in [0.25, 0.3) is 0 Å². The molecule has 0 aliphatic heterocycles. The van der Waals surface area contributed by atoms with Gasteiger partial charge in [0.1, 0.15) is 11.0 Å². The Labute approximate surface area is 117 Å². The number of alkyl halides is 5. The lowest BCUT2D eigenvalue weighted by Gasteiger charge is -2.20. The van der Waals surface area contributed by atoms with Crippen molar-refractivity contribution in [3.8, 4) is 5.88 Å². The third-order valence-electron chi connectivity index (χ3n) is 2.37. The highest BCUT2D eigenvalue weighted by Crippen LogP contribution is 2.36. The van der Waals surface area contributed by atoms with Gasteiger partial charge in [0, 0.05) is 12.0 Å². The van der Waals surface area contributed by atoms with Gasteiger partial charge in [0.2, 0.25) is 5.88 Å². The predicted molar refractivity (Wildman–Crippen MR) is 62.3 cm³/mol. The van der Waals surface area contributed by atoms with Crippen LogP contribution in [0.4, 0.5) is 22.0 Å². The molecule has 1 aromatic heterocycles. The van der Waals surface area contributed by atoms with Gasteiger partial charge in [-0.3, -0.25) is 0 Å². The first-order valence-corrected chi connectivity index (χ1v) is 6.06. The highest BCUT2D eigenvalue weighted by molar-refractivity contribution is 6.30. The second-order valence-electron chi connectivity index (χ2n) is 4.10. The number of ether oxygens (including phenoxy) is 1. The molecule has 0 radical (unpaired) electrons. The molecule has 0 saturated heterocycles. The Morgan fingerprint density at radius 2 is 1.75 bits per heavy atom. The zero-order chi connectivity index (χ0) is 15.6. The molecule has 0 fully saturated rings. The minimum atomic E-state index is -5.68. The summed E-state index contributed by atoms with van der Waals surface area (Å²) >= 11 is 5.75. The summed E-state index contributed by atoms with van der Waals surface area (Å²) in [6.07, 6.45) is -4.60. The quantitative estimate of drug-likeness (QED) is 0.608. The zero-order valence-corrected chi connectivity index (χ0v) is 11.4. The number of halogens is 6. The van der Waals surface area contributed by atoms with E-state index in [4.69, 9.17) is 11.6 Å². The van der Waals surface area contributed by atoms with Crippen molar-refractivity contribution in [2.24, 2.45) is 0 Å². The number of nitrogens with zero attached hydrogens (tertiary/aromatic N) is 2. The molecule has 0 atom stereocenters. The van der Waals surface area contributed by atoms with Crippen LogP contribution in [0.3, 0.4) is 0 Å². The molecule has 0 aliphatic rings. The molecule has 0 bridgehead atoms. The summed E-state index contributed by atoms with van der Waals surface area (Å²) in [6, 6.07) is 0. The Balaban J connectivity index is 2.92. The Bertz CT molecular complexity index is 479. The van der Waals surface area contributed by atoms with Crippen LogP contribution in [-0.2, 0) is 6.42 Å². The summed E-state index contributed by atoms with van der Waals surface area (Å²) in [5, 5.41) is -0.0335. The maximum atomic E-state index is 12.8. The van der Waals surface area contributed by atoms with E-state index in [2.05, 4.69) is 14.7 Å². The van der Waals surface area contributed by atoms with Crippen LogP contribution in [0.1, 0.15) is 24.7 Å². The molecule has 0 saturated carbocycles. The normalized spacial score (nSPS) is 12.6. The van der Waals surface area contributed by atoms with Crippen LogP contribution in [0.15, 0.2) is 0 Å². The molecule has 1 rings (SSSR count). The molecular formula is C11H12ClF5N2O. The summed E-state index contributed by atoms with van der Waals surface area (Å²) in [7, 11) is 0. The molecule has 0 aliphatic carbocycles. The first-order chi connectivity index (χ1) is 9.08. The van der Waals surface area contributed by atoms with Gasteiger partial charge in [-0.1, -0.05) is 18.5 Å². The lowest BCUT2D eigenvalue weighted by molar-refractivity contribution is -0.290. The van der Waals surface area contributed by atoms with Gasteiger partial charge >= 0.3 is 12.1 Å². The third kappa shape index (κ3) is 3.91. The molecule has 114 valence electrons. The highest BCUT2D eigenvalue weighted by Gasteiger charge is 2.58. The van der Waals surface area contributed by atoms with E-state index in [0.29, 0.717) is 12.8 Å². The minimum absolute atomic E-state index is 0.0335. The van der Waals surface area contributed by atoms with Gasteiger partial charge in [0.25, 0.3) is 0 Å². The van der Waals surface area contributed by atoms with Gasteiger partial charge in [-0.25, -0.2) is 4.98 Å². The Kier molecular flexibility index (Phi) is 5.12. The van der Waals surface area contributed by atoms with Crippen molar-refractivity contribution in [3.05, 3.63) is 16.5 Å². The van der Waals surface area contributed by atoms with E-state index in [-0.39, 0.29) is 22.4 Å². The van der Waals surface area contributed by atoms with Crippen molar-refractivity contribution in [2.75, 3.05) is 6.61 Å². The predicted octanol–water partition coefficient (Wildman–Crippen LogP) is 3.97. The number of hydrogen-bond donors (Lipinski definition) is 0. The van der Waals surface area contributed by atoms with E-state index >= 15 is 0 Å². The van der Waals surface area contributed by atoms with Gasteiger partial charge in [-0.15, -0.1) is 0 Å². The topological polar surface area (TPSA) is 35.0 Å². The average molecular weight is 319 g/mol. The molecule has 1 aromatic rings. The summed E-state index contributed by atoms with van der Waals surface area (Å²) < 4.78 is 66.1. The maximum Gasteiger partial charge on any atom is 0.456 e. The smallest absolute Gasteiger partial charge is 0.456 e. The first kappa shape index (κ1) is 16.9. The second kappa shape index (κ2) is 6.07. The molecule has 9 heteroatoms. The van der Waals surface area contributed by atoms with E-state index in [1.165, 1.54) is 6.92 Å². The van der Waals surface area contributed by atoms with Crippen LogP contribution >= 0.6 is 11.6 Å². The second-order valence-corrected chi connectivity index (χ2v) is 4.46. The molecule has 20 heavy (non-hydrogen) atoms. The van der Waals surface area contributed by atoms with E-state index in [1.807, 2.05) is 6.92 Å². The molecule has 0 aromatic carbocycles. The first-order valence-electron chi connectivity index (χ1n) is 5.69. The largest absolute Gasteiger partial charge is 0.471 e. The van der Waals surface area contributed by atoms with E-state index < -0.39 is 18.7 Å². The van der Waals surface area contributed by atoms with Gasteiger partial charge < -0.3 is 4.74 Å². The SMILES string of the molecule is CCCc1nc(Cl)c(C)c(OCC(F)(F)C(F)(F)F)n1. The fourth-order valence-electron chi connectivity index (χ4n) is 1.23. The zero-order valence-electron chi connectivity index (χ0n) is 10.7. The Morgan fingerprint density at radius 3 is 2.25 bits per heavy atom. The number of aryl methyl sites for hydroxylation is 1. The van der Waals surface area contributed by atoms with Crippen LogP contribution in [-0.4, -0.2) is 28.7 Å². The Hall–Kier alpha value is -1.18. The molecule has 0 unspecified atom stereocenters. The van der Waals surface area contributed by atoms with Gasteiger partial charge in [0.15, 0.2) is 6.61 Å². The van der Waals surface area contributed by atoms with Gasteiger partial charge in [0.05, 0.1) is 0 Å². The van der Waals surface area contributed by atoms with Crippen molar-refractivity contribution in [1.82, 2.24) is 9.97 Å². The van der Waals surface area contributed by atoms with Crippen LogP contribution in [0.5, 0.6) is 5.88 Å². The number of aromatic nitrogens is 2. The molecule has 0 spiro atoms. The van der Waals surface area contributed by atoms with Crippen LogP contribution in [0, 0.1) is 6.92 Å². The van der Waals surface area contributed by atoms with Crippen molar-refractivity contribution in [2.45, 2.75) is 38.8 Å². The van der Waals surface area contributed by atoms with Crippen LogP contribution in [0.2, 0.25) is 5.15 Å². The molecule has 3 nitrogen and oxygen atoms in total. The van der Waals surface area contributed by atoms with Crippen molar-refractivity contribution >= 4 is 11.6 Å². The molecule has 0 amide bonds. The van der Waals surface area contributed by atoms with E-state index in [0.717, 1.165) is 0 Å². The fourth-order valence-corrected chi connectivity index (χ4v) is 1.41. The fraction of sp³-hybridized carbons (Fsp3) is 0.636. The van der Waals surface area contributed by atoms with E-state index in [1.54, 1.807) is 0 Å². The van der Waals surface area contributed by atoms with E-state index in [9.17, 15) is 22.0 Å². The minimum Gasteiger partial charge on any atom is -0.471 e. The van der Waals surface area contributed by atoms with Crippen molar-refractivity contribution in [1.29, 1.82) is 0 Å². The Morgan fingerprint density at radius 1 is 1.15 bits per heavy atom. The summed E-state index contributed by atoms with van der Waals surface area (Å²) in [5.41, 5.74) is 0.115. The lowest BCUT2D eigenvalue weighted by atomic mass is 10.3. The molecular weight excluding hydrogens is 307 g/mol. The van der Waals surface area contributed by atoms with Crippen LogP contribution < -0.4 is 4.74 Å². The highest BCUT2D eigenvalue weighted by atomic mass is 35.5. The van der Waals surface area contributed by atoms with Crippen molar-refractivity contribution < 1.29 is 26.7 Å². The molecule has 0 N–H and O–H groups in total. The van der Waals surface area contributed by atoms with Gasteiger partial charge in [-0.05, 0) is 13.3 Å². The summed E-state index contributed by atoms with van der Waals surface area (Å²) in [6.45, 7) is 1.35. The maximum absolute atomic E-state index is 12.8. The average Bonchev–Trinajstić information content (AvgIpc) is 2.30. The summed E-state index contributed by atoms with van der Waals surface area (Å²) in [5.74, 6) is -5.09. The third-order valence-corrected chi connectivity index (χ3v) is 2.73. The monoisotopic (exact) mass is 318 g/mol. The number of rotatable bonds is 5.